The minimum absolute atomic E-state index is 0.0221. The number of carbonyl (C=O) groups excluding carboxylic acids is 1. The van der Waals surface area contributed by atoms with E-state index in [1.54, 1.807) is 6.07 Å². The van der Waals surface area contributed by atoms with Gasteiger partial charge in [0, 0.05) is 15.4 Å². The van der Waals surface area contributed by atoms with Crippen LogP contribution in [0.25, 0.3) is 21.6 Å². The SMILES string of the molecule is CC(C)(C)OC(=O)Nc1ccc(-c2ccc(-c3ccc([C@@]4(CC(=O)O)CCCCS4(=O)=O)s3)cc2)cc1. The molecule has 3 aromatic rings. The minimum Gasteiger partial charge on any atom is -0.481 e. The van der Waals surface area contributed by atoms with E-state index in [0.29, 0.717) is 29.8 Å². The van der Waals surface area contributed by atoms with E-state index >= 15 is 0 Å². The molecule has 2 aromatic carbocycles. The first-order valence-corrected chi connectivity index (χ1v) is 14.6. The van der Waals surface area contributed by atoms with Crippen LogP contribution in [-0.2, 0) is 24.1 Å². The lowest BCUT2D eigenvalue weighted by Gasteiger charge is -2.34. The molecule has 9 heteroatoms. The highest BCUT2D eigenvalue weighted by Crippen LogP contribution is 2.47. The molecule has 2 heterocycles. The van der Waals surface area contributed by atoms with E-state index in [-0.39, 0.29) is 5.75 Å². The molecular formula is C28H31NO6S2. The summed E-state index contributed by atoms with van der Waals surface area (Å²) in [4.78, 5) is 25.1. The second-order valence-electron chi connectivity index (χ2n) is 10.3. The predicted molar refractivity (Wildman–Crippen MR) is 147 cm³/mol. The van der Waals surface area contributed by atoms with E-state index in [1.165, 1.54) is 11.3 Å². The summed E-state index contributed by atoms with van der Waals surface area (Å²) < 4.78 is 30.0. The van der Waals surface area contributed by atoms with Crippen molar-refractivity contribution in [1.29, 1.82) is 0 Å². The van der Waals surface area contributed by atoms with Crippen LogP contribution >= 0.6 is 11.3 Å². The van der Waals surface area contributed by atoms with Crippen LogP contribution < -0.4 is 5.32 Å². The quantitative estimate of drug-likeness (QED) is 0.359. The van der Waals surface area contributed by atoms with Gasteiger partial charge in [-0.05, 0) is 74.6 Å². The molecule has 0 unspecified atom stereocenters. The van der Waals surface area contributed by atoms with Crippen molar-refractivity contribution in [3.05, 3.63) is 65.5 Å². The molecule has 0 saturated carbocycles. The Bertz CT molecular complexity index is 1390. The molecule has 7 nitrogen and oxygen atoms in total. The first-order chi connectivity index (χ1) is 17.4. The van der Waals surface area contributed by atoms with Crippen LogP contribution in [0.4, 0.5) is 10.5 Å². The van der Waals surface area contributed by atoms with Crippen LogP contribution in [-0.4, -0.2) is 36.9 Å². The van der Waals surface area contributed by atoms with Crippen molar-refractivity contribution in [1.82, 2.24) is 0 Å². The summed E-state index contributed by atoms with van der Waals surface area (Å²) in [7, 11) is -3.57. The molecule has 1 aromatic heterocycles. The van der Waals surface area contributed by atoms with Crippen molar-refractivity contribution in [2.24, 2.45) is 0 Å². The molecule has 2 N–H and O–H groups in total. The van der Waals surface area contributed by atoms with Crippen LogP contribution in [0.5, 0.6) is 0 Å². The Morgan fingerprint density at radius 1 is 0.946 bits per heavy atom. The lowest BCUT2D eigenvalue weighted by molar-refractivity contribution is -0.137. The summed E-state index contributed by atoms with van der Waals surface area (Å²) in [6, 6.07) is 19.0. The average molecular weight is 542 g/mol. The molecule has 0 spiro atoms. The monoisotopic (exact) mass is 541 g/mol. The van der Waals surface area contributed by atoms with Crippen molar-refractivity contribution in [3.63, 3.8) is 0 Å². The van der Waals surface area contributed by atoms with E-state index in [0.717, 1.165) is 21.6 Å². The number of aliphatic carboxylic acids is 1. The van der Waals surface area contributed by atoms with Crippen LogP contribution in [0.15, 0.2) is 60.7 Å². The Hall–Kier alpha value is -3.17. The zero-order valence-corrected chi connectivity index (χ0v) is 22.7. The Balaban J connectivity index is 1.52. The highest BCUT2D eigenvalue weighted by molar-refractivity contribution is 7.92. The van der Waals surface area contributed by atoms with Gasteiger partial charge in [-0.15, -0.1) is 11.3 Å². The summed E-state index contributed by atoms with van der Waals surface area (Å²) >= 11 is 1.35. The Morgan fingerprint density at radius 2 is 1.54 bits per heavy atom. The van der Waals surface area contributed by atoms with Gasteiger partial charge in [0.05, 0.1) is 12.2 Å². The number of carboxylic acid groups (broad SMARTS) is 1. The molecule has 1 aliphatic heterocycles. The molecule has 0 radical (unpaired) electrons. The topological polar surface area (TPSA) is 110 Å². The zero-order chi connectivity index (χ0) is 26.8. The fraction of sp³-hybridized carbons (Fsp3) is 0.357. The number of hydrogen-bond acceptors (Lipinski definition) is 6. The Labute approximate surface area is 221 Å². The summed E-state index contributed by atoms with van der Waals surface area (Å²) in [5.41, 5.74) is 2.95. The van der Waals surface area contributed by atoms with Crippen molar-refractivity contribution >= 4 is 38.9 Å². The lowest BCUT2D eigenvalue weighted by Crippen LogP contribution is -2.41. The van der Waals surface area contributed by atoms with Gasteiger partial charge in [-0.25, -0.2) is 13.2 Å². The maximum atomic E-state index is 13.0. The van der Waals surface area contributed by atoms with Crippen LogP contribution in [0, 0.1) is 0 Å². The fourth-order valence-electron chi connectivity index (χ4n) is 4.59. The van der Waals surface area contributed by atoms with Crippen LogP contribution in [0.2, 0.25) is 0 Å². The highest BCUT2D eigenvalue weighted by atomic mass is 32.2. The minimum atomic E-state index is -3.57. The number of thiophene rings is 1. The third-order valence-electron chi connectivity index (χ3n) is 6.36. The maximum absolute atomic E-state index is 13.0. The standard InChI is InChI=1S/C28H31NO6S2/c1-27(2,3)35-26(32)29-22-12-10-20(11-13-22)19-6-8-21(9-7-19)23-14-15-24(36-23)28(18-25(30)31)16-4-5-17-37(28,33)34/h6-15H,4-5,16-18H2,1-3H3,(H,29,32)(H,30,31)/t28-/m0/s1. The van der Waals surface area contributed by atoms with E-state index in [4.69, 9.17) is 4.74 Å². The number of carbonyl (C=O) groups is 2. The summed E-state index contributed by atoms with van der Waals surface area (Å²) in [5, 5.41) is 12.2. The van der Waals surface area contributed by atoms with Crippen molar-refractivity contribution in [2.45, 2.75) is 56.8 Å². The van der Waals surface area contributed by atoms with E-state index < -0.39 is 38.7 Å². The first-order valence-electron chi connectivity index (χ1n) is 12.1. The molecule has 0 aliphatic carbocycles. The first kappa shape index (κ1) is 26.9. The van der Waals surface area contributed by atoms with E-state index in [1.807, 2.05) is 75.4 Å². The number of ether oxygens (including phenoxy) is 1. The summed E-state index contributed by atoms with van der Waals surface area (Å²) in [6.45, 7) is 5.42. The molecule has 1 saturated heterocycles. The van der Waals surface area contributed by atoms with Crippen molar-refractivity contribution < 1.29 is 27.9 Å². The second-order valence-corrected chi connectivity index (χ2v) is 13.8. The summed E-state index contributed by atoms with van der Waals surface area (Å²) in [5.74, 6) is -1.08. The molecule has 0 bridgehead atoms. The van der Waals surface area contributed by atoms with Gasteiger partial charge in [0.25, 0.3) is 0 Å². The van der Waals surface area contributed by atoms with E-state index in [2.05, 4.69) is 5.32 Å². The smallest absolute Gasteiger partial charge is 0.412 e. The fourth-order valence-corrected chi connectivity index (χ4v) is 8.37. The van der Waals surface area contributed by atoms with Crippen molar-refractivity contribution in [3.8, 4) is 21.6 Å². The number of hydrogen-bond donors (Lipinski definition) is 2. The third-order valence-corrected chi connectivity index (χ3v) is 10.4. The second kappa shape index (κ2) is 10.3. The molecule has 37 heavy (non-hydrogen) atoms. The molecular weight excluding hydrogens is 510 g/mol. The van der Waals surface area contributed by atoms with Gasteiger partial charge >= 0.3 is 12.1 Å². The van der Waals surface area contributed by atoms with Gasteiger partial charge in [0.2, 0.25) is 0 Å². The van der Waals surface area contributed by atoms with E-state index in [9.17, 15) is 23.1 Å². The number of sulfone groups is 1. The van der Waals surface area contributed by atoms with Gasteiger partial charge in [-0.2, -0.15) is 0 Å². The Morgan fingerprint density at radius 3 is 2.11 bits per heavy atom. The van der Waals surface area contributed by atoms with Gasteiger partial charge in [0.1, 0.15) is 10.3 Å². The highest BCUT2D eigenvalue weighted by Gasteiger charge is 2.49. The zero-order valence-electron chi connectivity index (χ0n) is 21.1. The van der Waals surface area contributed by atoms with Gasteiger partial charge in [-0.3, -0.25) is 10.1 Å². The van der Waals surface area contributed by atoms with Crippen LogP contribution in [0.3, 0.4) is 0 Å². The lowest BCUT2D eigenvalue weighted by atomic mass is 9.95. The number of amides is 1. The summed E-state index contributed by atoms with van der Waals surface area (Å²) in [6.07, 6.45) is 0.681. The predicted octanol–water partition coefficient (Wildman–Crippen LogP) is 6.70. The van der Waals surface area contributed by atoms with Gasteiger partial charge in [0.15, 0.2) is 9.84 Å². The third kappa shape index (κ3) is 6.05. The number of carboxylic acids is 1. The Kier molecular flexibility index (Phi) is 7.48. The number of anilines is 1. The maximum Gasteiger partial charge on any atom is 0.412 e. The molecule has 1 fully saturated rings. The molecule has 4 rings (SSSR count). The van der Waals surface area contributed by atoms with Gasteiger partial charge < -0.3 is 9.84 Å². The number of nitrogens with one attached hydrogen (secondary N) is 1. The molecule has 1 atom stereocenters. The van der Waals surface area contributed by atoms with Crippen LogP contribution in [0.1, 0.15) is 51.3 Å². The molecule has 1 amide bonds. The largest absolute Gasteiger partial charge is 0.481 e. The molecule has 1 aliphatic rings. The van der Waals surface area contributed by atoms with Gasteiger partial charge in [-0.1, -0.05) is 42.8 Å². The number of rotatable bonds is 6. The average Bonchev–Trinajstić information content (AvgIpc) is 3.30. The number of benzene rings is 2. The normalized spacial score (nSPS) is 19.2. The van der Waals surface area contributed by atoms with Crippen molar-refractivity contribution in [2.75, 3.05) is 11.1 Å². The molecule has 196 valence electrons.